The minimum absolute atomic E-state index is 0.0614. The van der Waals surface area contributed by atoms with Gasteiger partial charge in [0, 0.05) is 11.5 Å². The number of nitrogens with zero attached hydrogens (tertiary/aromatic N) is 4. The van der Waals surface area contributed by atoms with Gasteiger partial charge in [0.05, 0.1) is 10.9 Å². The summed E-state index contributed by atoms with van der Waals surface area (Å²) in [5.41, 5.74) is 1.88. The summed E-state index contributed by atoms with van der Waals surface area (Å²) in [6.45, 7) is 2.00. The second-order valence-corrected chi connectivity index (χ2v) is 9.62. The third kappa shape index (κ3) is 5.23. The Hall–Kier alpha value is -2.32. The first-order chi connectivity index (χ1) is 14.7. The Morgan fingerprint density at radius 2 is 1.97 bits per heavy atom. The van der Waals surface area contributed by atoms with E-state index in [2.05, 4.69) is 25.5 Å². The molecule has 8 heteroatoms. The molecule has 0 bridgehead atoms. The van der Waals surface area contributed by atoms with Crippen LogP contribution in [-0.4, -0.2) is 31.3 Å². The fraction of sp³-hybridized carbons (Fsp3) is 0.409. The number of hydrogen-bond donors (Lipinski definition) is 1. The van der Waals surface area contributed by atoms with E-state index in [0.29, 0.717) is 17.5 Å². The zero-order valence-electron chi connectivity index (χ0n) is 17.0. The molecule has 156 valence electrons. The SMILES string of the molecule is CCC(Sc1cc(-c2ccccc2)ncn1)C(=O)Nc1nnc(C2CCCCC2)s1. The average molecular weight is 440 g/mol. The van der Waals surface area contributed by atoms with Crippen LogP contribution in [0.5, 0.6) is 0 Å². The van der Waals surface area contributed by atoms with Crippen LogP contribution in [0.25, 0.3) is 11.3 Å². The number of carbonyl (C=O) groups excluding carboxylic acids is 1. The molecular formula is C22H25N5OS2. The molecule has 1 aliphatic rings. The van der Waals surface area contributed by atoms with Crippen LogP contribution < -0.4 is 5.32 Å². The van der Waals surface area contributed by atoms with E-state index in [1.165, 1.54) is 55.2 Å². The van der Waals surface area contributed by atoms with Gasteiger partial charge >= 0.3 is 0 Å². The van der Waals surface area contributed by atoms with Crippen LogP contribution in [-0.2, 0) is 4.79 Å². The van der Waals surface area contributed by atoms with E-state index in [0.717, 1.165) is 21.3 Å². The molecule has 1 N–H and O–H groups in total. The van der Waals surface area contributed by atoms with Crippen LogP contribution in [0.2, 0.25) is 0 Å². The molecule has 0 radical (unpaired) electrons. The van der Waals surface area contributed by atoms with Crippen LogP contribution in [0.3, 0.4) is 0 Å². The minimum Gasteiger partial charge on any atom is -0.300 e. The lowest BCUT2D eigenvalue weighted by atomic mass is 9.90. The maximum atomic E-state index is 12.9. The van der Waals surface area contributed by atoms with Crippen LogP contribution in [0.4, 0.5) is 5.13 Å². The monoisotopic (exact) mass is 439 g/mol. The van der Waals surface area contributed by atoms with E-state index in [1.807, 2.05) is 43.3 Å². The zero-order chi connectivity index (χ0) is 20.8. The van der Waals surface area contributed by atoms with E-state index < -0.39 is 0 Å². The van der Waals surface area contributed by atoms with Gasteiger partial charge in [0.1, 0.15) is 16.4 Å². The molecule has 4 rings (SSSR count). The van der Waals surface area contributed by atoms with Crippen molar-refractivity contribution in [2.45, 2.75) is 61.6 Å². The molecule has 1 amide bonds. The Morgan fingerprint density at radius 3 is 2.73 bits per heavy atom. The van der Waals surface area contributed by atoms with E-state index in [-0.39, 0.29) is 11.2 Å². The van der Waals surface area contributed by atoms with E-state index >= 15 is 0 Å². The van der Waals surface area contributed by atoms with Gasteiger partial charge < -0.3 is 0 Å². The van der Waals surface area contributed by atoms with Crippen molar-refractivity contribution in [3.63, 3.8) is 0 Å². The normalized spacial score (nSPS) is 15.6. The average Bonchev–Trinajstić information content (AvgIpc) is 3.27. The van der Waals surface area contributed by atoms with Crippen LogP contribution >= 0.6 is 23.1 Å². The maximum Gasteiger partial charge on any atom is 0.239 e. The number of amides is 1. The highest BCUT2D eigenvalue weighted by Gasteiger charge is 2.23. The van der Waals surface area contributed by atoms with Gasteiger partial charge in [0.15, 0.2) is 0 Å². The maximum absolute atomic E-state index is 12.9. The smallest absolute Gasteiger partial charge is 0.239 e. The second kappa shape index (κ2) is 10.1. The van der Waals surface area contributed by atoms with Crippen molar-refractivity contribution in [3.8, 4) is 11.3 Å². The van der Waals surface area contributed by atoms with E-state index in [9.17, 15) is 4.79 Å². The third-order valence-corrected chi connectivity index (χ3v) is 7.56. The van der Waals surface area contributed by atoms with Gasteiger partial charge in [-0.1, -0.05) is 79.6 Å². The Morgan fingerprint density at radius 1 is 1.17 bits per heavy atom. The van der Waals surface area contributed by atoms with Crippen LogP contribution in [0.1, 0.15) is 56.4 Å². The summed E-state index contributed by atoms with van der Waals surface area (Å²) >= 11 is 2.97. The predicted molar refractivity (Wildman–Crippen MR) is 122 cm³/mol. The fourth-order valence-electron chi connectivity index (χ4n) is 3.62. The molecule has 1 saturated carbocycles. The highest BCUT2D eigenvalue weighted by atomic mass is 32.2. The van der Waals surface area contributed by atoms with E-state index in [4.69, 9.17) is 0 Å². The molecule has 0 aliphatic heterocycles. The number of carbonyl (C=O) groups is 1. The Bertz CT molecular complexity index is 972. The Balaban J connectivity index is 1.40. The molecule has 3 aromatic rings. The number of benzene rings is 1. The number of nitrogens with one attached hydrogen (secondary N) is 1. The predicted octanol–water partition coefficient (Wildman–Crippen LogP) is 5.55. The molecule has 1 unspecified atom stereocenters. The van der Waals surface area contributed by atoms with Crippen molar-refractivity contribution in [2.75, 3.05) is 5.32 Å². The van der Waals surface area contributed by atoms with Gasteiger partial charge in [-0.15, -0.1) is 10.2 Å². The number of anilines is 1. The van der Waals surface area contributed by atoms with Gasteiger partial charge in [-0.05, 0) is 25.3 Å². The first-order valence-corrected chi connectivity index (χ1v) is 12.1. The van der Waals surface area contributed by atoms with Crippen molar-refractivity contribution in [1.29, 1.82) is 0 Å². The molecule has 0 spiro atoms. The zero-order valence-corrected chi connectivity index (χ0v) is 18.6. The van der Waals surface area contributed by atoms with Crippen LogP contribution in [0.15, 0.2) is 47.8 Å². The third-order valence-electron chi connectivity index (χ3n) is 5.26. The van der Waals surface area contributed by atoms with Crippen molar-refractivity contribution in [2.24, 2.45) is 0 Å². The summed E-state index contributed by atoms with van der Waals surface area (Å²) in [6, 6.07) is 11.9. The summed E-state index contributed by atoms with van der Waals surface area (Å²) in [6.07, 6.45) is 8.41. The first kappa shape index (κ1) is 20.9. The quantitative estimate of drug-likeness (QED) is 0.384. The highest BCUT2D eigenvalue weighted by Crippen LogP contribution is 2.35. The molecular weight excluding hydrogens is 414 g/mol. The fourth-order valence-corrected chi connectivity index (χ4v) is 5.45. The number of thioether (sulfide) groups is 1. The highest BCUT2D eigenvalue weighted by molar-refractivity contribution is 8.00. The summed E-state index contributed by atoms with van der Waals surface area (Å²) < 4.78 is 0. The summed E-state index contributed by atoms with van der Waals surface area (Å²) in [5.74, 6) is 0.435. The lowest BCUT2D eigenvalue weighted by molar-refractivity contribution is -0.115. The summed E-state index contributed by atoms with van der Waals surface area (Å²) in [4.78, 5) is 21.6. The molecule has 0 saturated heterocycles. The summed E-state index contributed by atoms with van der Waals surface area (Å²) in [7, 11) is 0. The molecule has 1 fully saturated rings. The standard InChI is InChI=1S/C22H25N5OS2/c1-2-18(29-19-13-17(23-14-24-19)15-9-5-3-6-10-15)20(28)25-22-27-26-21(30-22)16-11-7-4-8-12-16/h3,5-6,9-10,13-14,16,18H,2,4,7-8,11-12H2,1H3,(H,25,27,28). The second-order valence-electron chi connectivity index (χ2n) is 7.39. The summed E-state index contributed by atoms with van der Waals surface area (Å²) in [5, 5.41) is 13.7. The molecule has 1 atom stereocenters. The van der Waals surface area contributed by atoms with Crippen molar-refractivity contribution in [1.82, 2.24) is 20.2 Å². The van der Waals surface area contributed by atoms with Crippen molar-refractivity contribution >= 4 is 34.1 Å². The number of rotatable bonds is 7. The topological polar surface area (TPSA) is 80.7 Å². The van der Waals surface area contributed by atoms with E-state index in [1.54, 1.807) is 6.33 Å². The van der Waals surface area contributed by atoms with Gasteiger partial charge in [-0.3, -0.25) is 10.1 Å². The van der Waals surface area contributed by atoms with Crippen molar-refractivity contribution in [3.05, 3.63) is 47.7 Å². The molecule has 2 heterocycles. The van der Waals surface area contributed by atoms with Gasteiger partial charge in [0.25, 0.3) is 0 Å². The van der Waals surface area contributed by atoms with Gasteiger partial charge in [-0.25, -0.2) is 9.97 Å². The molecule has 6 nitrogen and oxygen atoms in total. The van der Waals surface area contributed by atoms with Crippen LogP contribution in [0, 0.1) is 0 Å². The lowest BCUT2D eigenvalue weighted by Crippen LogP contribution is -2.24. The Labute approximate surface area is 185 Å². The number of aromatic nitrogens is 4. The van der Waals surface area contributed by atoms with Gasteiger partial charge in [0.2, 0.25) is 11.0 Å². The molecule has 2 aromatic heterocycles. The van der Waals surface area contributed by atoms with Gasteiger partial charge in [-0.2, -0.15) is 0 Å². The Kier molecular flexibility index (Phi) is 7.07. The minimum atomic E-state index is -0.259. The van der Waals surface area contributed by atoms with Crippen molar-refractivity contribution < 1.29 is 4.79 Å². The molecule has 1 aliphatic carbocycles. The molecule has 30 heavy (non-hydrogen) atoms. The largest absolute Gasteiger partial charge is 0.300 e. The lowest BCUT2D eigenvalue weighted by Gasteiger charge is -2.18. The number of hydrogen-bond acceptors (Lipinski definition) is 7. The molecule has 1 aromatic carbocycles. The first-order valence-electron chi connectivity index (χ1n) is 10.4.